The number of nitriles is 1. The van der Waals surface area contributed by atoms with Crippen molar-refractivity contribution in [1.29, 1.82) is 5.26 Å². The highest BCUT2D eigenvalue weighted by Gasteiger charge is 2.23. The number of rotatable bonds is 10. The molecule has 2 N–H and O–H groups in total. The van der Waals surface area contributed by atoms with Gasteiger partial charge in [0.15, 0.2) is 18.1 Å². The Hall–Kier alpha value is -3.58. The van der Waals surface area contributed by atoms with Gasteiger partial charge in [-0.25, -0.2) is 0 Å². The average molecular weight is 472 g/mol. The molecular weight excluding hydrogens is 446 g/mol. The molecule has 2 aromatic rings. The van der Waals surface area contributed by atoms with Crippen LogP contribution in [0.15, 0.2) is 18.2 Å². The van der Waals surface area contributed by atoms with Crippen molar-refractivity contribution in [3.05, 3.63) is 39.8 Å². The second-order valence-corrected chi connectivity index (χ2v) is 8.20. The van der Waals surface area contributed by atoms with Crippen LogP contribution in [-0.2, 0) is 27.2 Å². The third-order valence-corrected chi connectivity index (χ3v) is 6.06. The Morgan fingerprint density at radius 3 is 2.61 bits per heavy atom. The van der Waals surface area contributed by atoms with E-state index in [0.717, 1.165) is 29.7 Å². The van der Waals surface area contributed by atoms with E-state index in [1.807, 2.05) is 13.8 Å². The Kier molecular flexibility index (Phi) is 8.27. The van der Waals surface area contributed by atoms with Crippen LogP contribution in [0.1, 0.15) is 46.6 Å². The Balaban J connectivity index is 1.47. The van der Waals surface area contributed by atoms with E-state index in [4.69, 9.17) is 14.2 Å². The summed E-state index contributed by atoms with van der Waals surface area (Å²) in [7, 11) is 0. The molecule has 0 spiro atoms. The van der Waals surface area contributed by atoms with Crippen molar-refractivity contribution < 1.29 is 28.6 Å². The topological polar surface area (TPSA) is 127 Å². The van der Waals surface area contributed by atoms with Gasteiger partial charge in [-0.2, -0.15) is 5.26 Å². The fourth-order valence-corrected chi connectivity index (χ4v) is 4.67. The van der Waals surface area contributed by atoms with Crippen molar-refractivity contribution in [2.75, 3.05) is 31.7 Å². The number of fused-ring (bicyclic) bond motifs is 1. The molecule has 10 heteroatoms. The van der Waals surface area contributed by atoms with E-state index in [1.165, 1.54) is 17.4 Å². The maximum atomic E-state index is 12.4. The molecule has 0 saturated carbocycles. The minimum atomic E-state index is -0.761. The molecule has 0 unspecified atom stereocenters. The molecule has 33 heavy (non-hydrogen) atoms. The molecule has 3 rings (SSSR count). The number of hydrogen-bond acceptors (Lipinski definition) is 8. The summed E-state index contributed by atoms with van der Waals surface area (Å²) >= 11 is 1.38. The number of ether oxygens (including phenoxy) is 3. The standard InChI is InChI=1S/C23H25N3O6S/c1-3-30-17-9-8-14(10-18(17)31-4-2)22(29)25-12-21(28)32-13-20(27)26-23-16(11-24)15-6-5-7-19(15)33-23/h8-10H,3-7,12-13H2,1-2H3,(H,25,29)(H,26,27). The molecule has 0 fully saturated rings. The van der Waals surface area contributed by atoms with E-state index < -0.39 is 30.9 Å². The van der Waals surface area contributed by atoms with Crippen molar-refractivity contribution in [3.63, 3.8) is 0 Å². The molecule has 2 amide bonds. The molecule has 1 aliphatic rings. The predicted molar refractivity (Wildman–Crippen MR) is 122 cm³/mol. The molecule has 9 nitrogen and oxygen atoms in total. The van der Waals surface area contributed by atoms with E-state index in [1.54, 1.807) is 12.1 Å². The van der Waals surface area contributed by atoms with Gasteiger partial charge in [-0.15, -0.1) is 11.3 Å². The highest BCUT2D eigenvalue weighted by atomic mass is 32.1. The number of anilines is 1. The largest absolute Gasteiger partial charge is 0.490 e. The number of esters is 1. The number of amides is 2. The number of thiophene rings is 1. The van der Waals surface area contributed by atoms with Gasteiger partial charge in [-0.1, -0.05) is 0 Å². The lowest BCUT2D eigenvalue weighted by molar-refractivity contribution is -0.146. The SMILES string of the molecule is CCOc1ccc(C(=O)NCC(=O)OCC(=O)Nc2sc3c(c2C#N)CCC3)cc1OCC. The fraction of sp³-hybridized carbons (Fsp3) is 0.391. The molecule has 0 saturated heterocycles. The minimum Gasteiger partial charge on any atom is -0.490 e. The molecule has 1 aromatic carbocycles. The van der Waals surface area contributed by atoms with E-state index in [9.17, 15) is 19.6 Å². The Morgan fingerprint density at radius 2 is 1.88 bits per heavy atom. The summed E-state index contributed by atoms with van der Waals surface area (Å²) < 4.78 is 15.9. The molecular formula is C23H25N3O6S. The van der Waals surface area contributed by atoms with E-state index in [2.05, 4.69) is 16.7 Å². The third-order valence-electron chi connectivity index (χ3n) is 4.85. The Morgan fingerprint density at radius 1 is 1.12 bits per heavy atom. The highest BCUT2D eigenvalue weighted by Crippen LogP contribution is 2.38. The van der Waals surface area contributed by atoms with Gasteiger partial charge in [0.05, 0.1) is 18.8 Å². The molecule has 0 radical (unpaired) electrons. The van der Waals surface area contributed by atoms with Gasteiger partial charge in [-0.3, -0.25) is 14.4 Å². The van der Waals surface area contributed by atoms with Crippen molar-refractivity contribution >= 4 is 34.1 Å². The lowest BCUT2D eigenvalue weighted by Gasteiger charge is -2.12. The molecule has 0 aliphatic heterocycles. The van der Waals surface area contributed by atoms with Crippen LogP contribution in [0.3, 0.4) is 0 Å². The summed E-state index contributed by atoms with van der Waals surface area (Å²) in [4.78, 5) is 37.6. The zero-order valence-electron chi connectivity index (χ0n) is 18.5. The Bertz CT molecular complexity index is 1090. The zero-order valence-corrected chi connectivity index (χ0v) is 19.3. The van der Waals surface area contributed by atoms with Gasteiger partial charge in [0, 0.05) is 10.4 Å². The van der Waals surface area contributed by atoms with Crippen LogP contribution in [0.25, 0.3) is 0 Å². The molecule has 0 atom stereocenters. The third kappa shape index (κ3) is 6.02. The molecule has 1 aliphatic carbocycles. The quantitative estimate of drug-likeness (QED) is 0.510. The lowest BCUT2D eigenvalue weighted by atomic mass is 10.1. The van der Waals surface area contributed by atoms with Crippen LogP contribution in [-0.4, -0.2) is 44.1 Å². The van der Waals surface area contributed by atoms with Gasteiger partial charge in [0.2, 0.25) is 0 Å². The number of nitrogens with one attached hydrogen (secondary N) is 2. The van der Waals surface area contributed by atoms with Crippen LogP contribution in [0.2, 0.25) is 0 Å². The number of nitrogens with zero attached hydrogens (tertiary/aromatic N) is 1. The maximum absolute atomic E-state index is 12.4. The van der Waals surface area contributed by atoms with Crippen molar-refractivity contribution in [2.45, 2.75) is 33.1 Å². The molecule has 0 bridgehead atoms. The summed E-state index contributed by atoms with van der Waals surface area (Å²) in [6.07, 6.45) is 2.75. The van der Waals surface area contributed by atoms with Crippen molar-refractivity contribution in [3.8, 4) is 17.6 Å². The van der Waals surface area contributed by atoms with Crippen molar-refractivity contribution in [2.24, 2.45) is 0 Å². The summed E-state index contributed by atoms with van der Waals surface area (Å²) in [6.45, 7) is 3.61. The minimum absolute atomic E-state index is 0.294. The predicted octanol–water partition coefficient (Wildman–Crippen LogP) is 2.82. The van der Waals surface area contributed by atoms with Crippen LogP contribution in [0, 0.1) is 11.3 Å². The van der Waals surface area contributed by atoms with Gasteiger partial charge < -0.3 is 24.8 Å². The number of benzene rings is 1. The Labute approximate surface area is 195 Å². The van der Waals surface area contributed by atoms with E-state index in [-0.39, 0.29) is 0 Å². The number of carbonyl (C=O) groups excluding carboxylic acids is 3. The number of aryl methyl sites for hydroxylation is 1. The zero-order chi connectivity index (χ0) is 23.8. The normalized spacial score (nSPS) is 11.8. The van der Waals surface area contributed by atoms with E-state index >= 15 is 0 Å². The van der Waals surface area contributed by atoms with Crippen LogP contribution >= 0.6 is 11.3 Å². The maximum Gasteiger partial charge on any atom is 0.325 e. The molecule has 1 heterocycles. The molecule has 1 aromatic heterocycles. The van der Waals surface area contributed by atoms with Gasteiger partial charge in [-0.05, 0) is 56.9 Å². The van der Waals surface area contributed by atoms with Gasteiger partial charge in [0.1, 0.15) is 17.6 Å². The van der Waals surface area contributed by atoms with Crippen LogP contribution in [0.4, 0.5) is 5.00 Å². The first kappa shape index (κ1) is 24.1. The number of carbonyl (C=O) groups is 3. The van der Waals surface area contributed by atoms with Gasteiger partial charge in [0.25, 0.3) is 11.8 Å². The van der Waals surface area contributed by atoms with Gasteiger partial charge >= 0.3 is 5.97 Å². The van der Waals surface area contributed by atoms with Crippen molar-refractivity contribution in [1.82, 2.24) is 5.32 Å². The first-order valence-electron chi connectivity index (χ1n) is 10.6. The van der Waals surface area contributed by atoms with Crippen LogP contribution in [0.5, 0.6) is 11.5 Å². The molecule has 174 valence electrons. The summed E-state index contributed by atoms with van der Waals surface area (Å²) in [6, 6.07) is 6.87. The average Bonchev–Trinajstić information content (AvgIpc) is 3.38. The van der Waals surface area contributed by atoms with Crippen LogP contribution < -0.4 is 20.1 Å². The smallest absolute Gasteiger partial charge is 0.325 e. The second kappa shape index (κ2) is 11.3. The van der Waals surface area contributed by atoms with E-state index in [0.29, 0.717) is 40.8 Å². The summed E-state index contributed by atoms with van der Waals surface area (Å²) in [5.41, 5.74) is 1.78. The monoisotopic (exact) mass is 471 g/mol. The lowest BCUT2D eigenvalue weighted by Crippen LogP contribution is -2.32. The highest BCUT2D eigenvalue weighted by molar-refractivity contribution is 7.16. The second-order valence-electron chi connectivity index (χ2n) is 7.09. The first-order chi connectivity index (χ1) is 16.0. The number of hydrogen-bond donors (Lipinski definition) is 2. The summed E-state index contributed by atoms with van der Waals surface area (Å²) in [5.74, 6) is -0.839. The first-order valence-corrected chi connectivity index (χ1v) is 11.5. The fourth-order valence-electron chi connectivity index (χ4n) is 3.42. The summed E-state index contributed by atoms with van der Waals surface area (Å²) in [5, 5.41) is 14.9.